The van der Waals surface area contributed by atoms with Gasteiger partial charge in [0.05, 0.1) is 17.0 Å². The van der Waals surface area contributed by atoms with Gasteiger partial charge in [-0.3, -0.25) is 4.79 Å². The first-order valence-corrected chi connectivity index (χ1v) is 6.42. The van der Waals surface area contributed by atoms with Gasteiger partial charge in [-0.2, -0.15) is 5.26 Å². The summed E-state index contributed by atoms with van der Waals surface area (Å²) >= 11 is 0. The van der Waals surface area contributed by atoms with E-state index in [1.165, 1.54) is 12.1 Å². The number of carbonyl (C=O) groups is 1. The van der Waals surface area contributed by atoms with E-state index in [1.54, 1.807) is 17.9 Å². The van der Waals surface area contributed by atoms with Gasteiger partial charge in [-0.05, 0) is 44.4 Å². The van der Waals surface area contributed by atoms with E-state index in [1.807, 2.05) is 6.92 Å². The lowest BCUT2D eigenvalue weighted by Crippen LogP contribution is -2.41. The Hall–Kier alpha value is -1.89. The zero-order valence-corrected chi connectivity index (χ0v) is 11.2. The van der Waals surface area contributed by atoms with Crippen LogP contribution in [0.25, 0.3) is 0 Å². The molecule has 19 heavy (non-hydrogen) atoms. The Morgan fingerprint density at radius 1 is 1.42 bits per heavy atom. The Balaban J connectivity index is 2.12. The van der Waals surface area contributed by atoms with Gasteiger partial charge in [0, 0.05) is 13.1 Å². The van der Waals surface area contributed by atoms with Crippen molar-refractivity contribution >= 4 is 5.91 Å². The van der Waals surface area contributed by atoms with Crippen LogP contribution in [0.3, 0.4) is 0 Å². The van der Waals surface area contributed by atoms with Crippen molar-refractivity contribution in [1.29, 1.82) is 5.26 Å². The lowest BCUT2D eigenvalue weighted by molar-refractivity contribution is 0.0657. The van der Waals surface area contributed by atoms with E-state index in [9.17, 15) is 9.18 Å². The minimum atomic E-state index is -0.474. The fraction of sp³-hybridized carbons (Fsp3) is 0.467. The number of hydrogen-bond donors (Lipinski definition) is 0. The van der Waals surface area contributed by atoms with Crippen LogP contribution in [-0.4, -0.2) is 23.9 Å². The first-order valence-electron chi connectivity index (χ1n) is 6.42. The van der Waals surface area contributed by atoms with Crippen LogP contribution in [-0.2, 0) is 0 Å². The molecule has 0 atom stereocenters. The lowest BCUT2D eigenvalue weighted by atomic mass is 9.82. The predicted octanol–water partition coefficient (Wildman–Crippen LogP) is 2.90. The number of likely N-dealkylation sites (tertiary alicyclic amines) is 1. The molecule has 1 aliphatic heterocycles. The molecular weight excluding hydrogens is 243 g/mol. The molecule has 1 amide bonds. The number of benzene rings is 1. The molecule has 2 rings (SSSR count). The molecule has 3 nitrogen and oxygen atoms in total. The van der Waals surface area contributed by atoms with Crippen LogP contribution in [0.1, 0.15) is 35.7 Å². The van der Waals surface area contributed by atoms with Crippen molar-refractivity contribution in [3.8, 4) is 6.07 Å². The third-order valence-electron chi connectivity index (χ3n) is 3.78. The SMILES string of the molecule is Cc1ccc(C(=O)N2CCC(C)(C#N)CC2)c(F)c1. The van der Waals surface area contributed by atoms with E-state index in [0.29, 0.717) is 25.9 Å². The topological polar surface area (TPSA) is 44.1 Å². The van der Waals surface area contributed by atoms with Crippen molar-refractivity contribution in [3.63, 3.8) is 0 Å². The van der Waals surface area contributed by atoms with Gasteiger partial charge < -0.3 is 4.90 Å². The molecular formula is C15H17FN2O. The van der Waals surface area contributed by atoms with Crippen molar-refractivity contribution in [1.82, 2.24) is 4.90 Å². The second kappa shape index (κ2) is 5.00. The second-order valence-corrected chi connectivity index (χ2v) is 5.45. The van der Waals surface area contributed by atoms with Gasteiger partial charge in [-0.1, -0.05) is 6.07 Å². The van der Waals surface area contributed by atoms with E-state index < -0.39 is 5.82 Å². The second-order valence-electron chi connectivity index (χ2n) is 5.45. The normalized spacial score (nSPS) is 17.9. The Bertz CT molecular complexity index is 540. The number of nitrogens with zero attached hydrogens (tertiary/aromatic N) is 2. The Labute approximate surface area is 112 Å². The maximum Gasteiger partial charge on any atom is 0.256 e. The molecule has 0 saturated carbocycles. The van der Waals surface area contributed by atoms with Gasteiger partial charge >= 0.3 is 0 Å². The molecule has 0 aromatic heterocycles. The fourth-order valence-corrected chi connectivity index (χ4v) is 2.28. The molecule has 0 aliphatic carbocycles. The number of hydrogen-bond acceptors (Lipinski definition) is 2. The average molecular weight is 260 g/mol. The Kier molecular flexibility index (Phi) is 3.57. The van der Waals surface area contributed by atoms with Crippen molar-refractivity contribution in [2.75, 3.05) is 13.1 Å². The highest BCUT2D eigenvalue weighted by Gasteiger charge is 2.32. The van der Waals surface area contributed by atoms with Crippen molar-refractivity contribution in [2.24, 2.45) is 5.41 Å². The van der Waals surface area contributed by atoms with Crippen LogP contribution in [0.4, 0.5) is 4.39 Å². The molecule has 0 spiro atoms. The number of amides is 1. The summed E-state index contributed by atoms with van der Waals surface area (Å²) in [6, 6.07) is 6.93. The monoisotopic (exact) mass is 260 g/mol. The van der Waals surface area contributed by atoms with Gasteiger partial charge in [0.1, 0.15) is 5.82 Å². The van der Waals surface area contributed by atoms with Crippen LogP contribution in [0, 0.1) is 29.5 Å². The summed E-state index contributed by atoms with van der Waals surface area (Å²) in [6.07, 6.45) is 1.28. The third kappa shape index (κ3) is 2.76. The summed E-state index contributed by atoms with van der Waals surface area (Å²) < 4.78 is 13.8. The first-order chi connectivity index (χ1) is 8.95. The van der Waals surface area contributed by atoms with Gasteiger partial charge in [0.25, 0.3) is 5.91 Å². The molecule has 0 N–H and O–H groups in total. The van der Waals surface area contributed by atoms with E-state index in [4.69, 9.17) is 5.26 Å². The standard InChI is InChI=1S/C15H17FN2O/c1-11-3-4-12(13(16)9-11)14(19)18-7-5-15(2,10-17)6-8-18/h3-4,9H,5-8H2,1-2H3. The number of carbonyl (C=O) groups excluding carboxylic acids is 1. The number of halogens is 1. The largest absolute Gasteiger partial charge is 0.338 e. The van der Waals surface area contributed by atoms with Gasteiger partial charge in [-0.25, -0.2) is 4.39 Å². The molecule has 1 aliphatic rings. The van der Waals surface area contributed by atoms with Crippen molar-refractivity contribution in [2.45, 2.75) is 26.7 Å². The summed E-state index contributed by atoms with van der Waals surface area (Å²) in [5.41, 5.74) is 0.554. The van der Waals surface area contributed by atoms with Gasteiger partial charge in [0.15, 0.2) is 0 Å². The molecule has 1 aromatic carbocycles. The molecule has 0 bridgehead atoms. The predicted molar refractivity (Wildman–Crippen MR) is 70.0 cm³/mol. The van der Waals surface area contributed by atoms with Gasteiger partial charge in [0.2, 0.25) is 0 Å². The molecule has 100 valence electrons. The zero-order valence-electron chi connectivity index (χ0n) is 11.2. The highest BCUT2D eigenvalue weighted by atomic mass is 19.1. The minimum absolute atomic E-state index is 0.117. The summed E-state index contributed by atoms with van der Waals surface area (Å²) in [7, 11) is 0. The molecule has 0 radical (unpaired) electrons. The van der Waals surface area contributed by atoms with E-state index in [-0.39, 0.29) is 16.9 Å². The number of nitriles is 1. The maximum absolute atomic E-state index is 13.8. The molecule has 0 unspecified atom stereocenters. The summed E-state index contributed by atoms with van der Waals surface area (Å²) in [5, 5.41) is 9.05. The fourth-order valence-electron chi connectivity index (χ4n) is 2.28. The summed E-state index contributed by atoms with van der Waals surface area (Å²) in [4.78, 5) is 13.9. The zero-order chi connectivity index (χ0) is 14.0. The smallest absolute Gasteiger partial charge is 0.256 e. The highest BCUT2D eigenvalue weighted by molar-refractivity contribution is 5.94. The van der Waals surface area contributed by atoms with E-state index in [0.717, 1.165) is 5.56 Å². The average Bonchev–Trinajstić information content (AvgIpc) is 2.39. The quantitative estimate of drug-likeness (QED) is 0.779. The van der Waals surface area contributed by atoms with E-state index >= 15 is 0 Å². The molecule has 1 saturated heterocycles. The number of aryl methyl sites for hydroxylation is 1. The summed E-state index contributed by atoms with van der Waals surface area (Å²) in [5.74, 6) is -0.754. The van der Waals surface area contributed by atoms with Crippen LogP contribution in [0.2, 0.25) is 0 Å². The minimum Gasteiger partial charge on any atom is -0.338 e. The Morgan fingerprint density at radius 3 is 2.58 bits per heavy atom. The van der Waals surface area contributed by atoms with Crippen molar-refractivity contribution in [3.05, 3.63) is 35.1 Å². The van der Waals surface area contributed by atoms with Crippen LogP contribution in [0.15, 0.2) is 18.2 Å². The molecule has 1 heterocycles. The maximum atomic E-state index is 13.8. The van der Waals surface area contributed by atoms with Crippen LogP contribution < -0.4 is 0 Å². The van der Waals surface area contributed by atoms with E-state index in [2.05, 4.69) is 6.07 Å². The molecule has 1 fully saturated rings. The molecule has 1 aromatic rings. The summed E-state index contributed by atoms with van der Waals surface area (Å²) in [6.45, 7) is 4.71. The van der Waals surface area contributed by atoms with Crippen LogP contribution in [0.5, 0.6) is 0 Å². The highest BCUT2D eigenvalue weighted by Crippen LogP contribution is 2.30. The third-order valence-corrected chi connectivity index (χ3v) is 3.78. The number of piperidine rings is 1. The number of rotatable bonds is 1. The molecule has 4 heteroatoms. The van der Waals surface area contributed by atoms with Gasteiger partial charge in [-0.15, -0.1) is 0 Å². The van der Waals surface area contributed by atoms with Crippen molar-refractivity contribution < 1.29 is 9.18 Å². The lowest BCUT2D eigenvalue weighted by Gasteiger charge is -2.35. The van der Waals surface area contributed by atoms with Crippen LogP contribution >= 0.6 is 0 Å². The Morgan fingerprint density at radius 2 is 2.05 bits per heavy atom. The first kappa shape index (κ1) is 13.5.